The van der Waals surface area contributed by atoms with Crippen molar-refractivity contribution in [3.8, 4) is 17.0 Å². The molecule has 3 aliphatic carbocycles. The number of carbonyl (C=O) groups excluding carboxylic acids is 1. The molecule has 49 heavy (non-hydrogen) atoms. The SMILES string of the molecule is COCCOCCOC(=O)c1ccccc1S(=O)(=O)N[C@H]1[C@@H]2CC[C@H]1C[C@H](OCc1c(-c3ccccc3OC(F)(F)F)noc1C1CC1)C2. The fraction of sp³-hybridized carbons (Fsp3) is 0.529. The van der Waals surface area contributed by atoms with Crippen molar-refractivity contribution in [1.29, 1.82) is 0 Å². The molecule has 2 aromatic carbocycles. The van der Waals surface area contributed by atoms with E-state index in [9.17, 15) is 26.4 Å². The van der Waals surface area contributed by atoms with Crippen molar-refractivity contribution < 1.29 is 54.6 Å². The van der Waals surface area contributed by atoms with Crippen molar-refractivity contribution in [2.75, 3.05) is 33.5 Å². The van der Waals surface area contributed by atoms with Gasteiger partial charge in [0.05, 0.1) is 43.0 Å². The number of aromatic nitrogens is 1. The number of sulfonamides is 1. The Labute approximate surface area is 282 Å². The van der Waals surface area contributed by atoms with Crippen LogP contribution in [0, 0.1) is 11.8 Å². The highest BCUT2D eigenvalue weighted by Crippen LogP contribution is 2.47. The van der Waals surface area contributed by atoms with Gasteiger partial charge in [-0.15, -0.1) is 13.2 Å². The molecule has 0 saturated heterocycles. The summed E-state index contributed by atoms with van der Waals surface area (Å²) in [5, 5.41) is 4.15. The van der Waals surface area contributed by atoms with Gasteiger partial charge >= 0.3 is 12.3 Å². The molecule has 3 aliphatic rings. The third-order valence-corrected chi connectivity index (χ3v) is 10.8. The second kappa shape index (κ2) is 15.2. The summed E-state index contributed by atoms with van der Waals surface area (Å²) < 4.78 is 102. The lowest BCUT2D eigenvalue weighted by atomic mass is 9.83. The number of esters is 1. The van der Waals surface area contributed by atoms with E-state index in [0.717, 1.165) is 25.7 Å². The van der Waals surface area contributed by atoms with Crippen molar-refractivity contribution in [3.63, 3.8) is 0 Å². The molecular formula is C34H39F3N2O9S. The van der Waals surface area contributed by atoms with E-state index in [2.05, 4.69) is 14.6 Å². The minimum absolute atomic E-state index is 0.00681. The first-order chi connectivity index (χ1) is 23.5. The number of rotatable bonds is 16. The standard InChI is InChI=1S/C34H39F3N2O9S/c1-43-14-15-44-16-17-45-33(40)26-7-3-5-9-29(26)49(41,42)39-30-22-12-13-23(30)19-24(18-22)46-20-27-31(38-48-32(27)21-10-11-21)25-6-2-4-8-28(25)47-34(35,36)37/h2-9,21-24,30,39H,10-20H2,1H3/t22-,23+,24-,30+. The molecule has 1 N–H and O–H groups in total. The van der Waals surface area contributed by atoms with Crippen molar-refractivity contribution in [2.24, 2.45) is 11.8 Å². The molecule has 0 radical (unpaired) electrons. The van der Waals surface area contributed by atoms with E-state index in [1.54, 1.807) is 25.3 Å². The first-order valence-corrected chi connectivity index (χ1v) is 17.8. The van der Waals surface area contributed by atoms with E-state index in [4.69, 9.17) is 23.5 Å². The first kappa shape index (κ1) is 35.3. The van der Waals surface area contributed by atoms with Gasteiger partial charge in [-0.05, 0) is 74.6 Å². The number of hydrogen-bond donors (Lipinski definition) is 1. The molecule has 0 amide bonds. The van der Waals surface area contributed by atoms with Crippen molar-refractivity contribution in [2.45, 2.75) is 74.5 Å². The van der Waals surface area contributed by atoms with Gasteiger partial charge in [0.15, 0.2) is 0 Å². The van der Waals surface area contributed by atoms with Gasteiger partial charge in [-0.1, -0.05) is 29.4 Å². The second-order valence-electron chi connectivity index (χ2n) is 12.6. The van der Waals surface area contributed by atoms with Crippen LogP contribution in [0.15, 0.2) is 57.9 Å². The van der Waals surface area contributed by atoms with Crippen LogP contribution in [0.1, 0.15) is 66.1 Å². The highest BCUT2D eigenvalue weighted by Gasteiger charge is 2.45. The van der Waals surface area contributed by atoms with Crippen molar-refractivity contribution in [3.05, 3.63) is 65.4 Å². The maximum Gasteiger partial charge on any atom is 0.573 e. The Kier molecular flexibility index (Phi) is 10.9. The van der Waals surface area contributed by atoms with Gasteiger partial charge < -0.3 is 28.2 Å². The lowest BCUT2D eigenvalue weighted by molar-refractivity contribution is -0.274. The lowest BCUT2D eigenvalue weighted by Gasteiger charge is -2.35. The molecule has 6 rings (SSSR count). The number of nitrogens with zero attached hydrogens (tertiary/aromatic N) is 1. The minimum Gasteiger partial charge on any atom is -0.460 e. The lowest BCUT2D eigenvalue weighted by Crippen LogP contribution is -2.46. The van der Waals surface area contributed by atoms with Gasteiger partial charge in [0, 0.05) is 30.2 Å². The summed E-state index contributed by atoms with van der Waals surface area (Å²) in [7, 11) is -2.53. The second-order valence-corrected chi connectivity index (χ2v) is 14.3. The van der Waals surface area contributed by atoms with Crippen LogP contribution in [0.5, 0.6) is 5.75 Å². The van der Waals surface area contributed by atoms with Crippen LogP contribution in [0.2, 0.25) is 0 Å². The van der Waals surface area contributed by atoms with Crippen molar-refractivity contribution >= 4 is 16.0 Å². The molecule has 0 spiro atoms. The molecule has 4 atom stereocenters. The van der Waals surface area contributed by atoms with Gasteiger partial charge in [0.1, 0.15) is 23.8 Å². The highest BCUT2D eigenvalue weighted by molar-refractivity contribution is 7.89. The van der Waals surface area contributed by atoms with E-state index < -0.39 is 22.4 Å². The molecule has 1 aromatic heterocycles. The number of halogens is 3. The highest BCUT2D eigenvalue weighted by atomic mass is 32.2. The maximum atomic E-state index is 13.7. The predicted molar refractivity (Wildman–Crippen MR) is 168 cm³/mol. The van der Waals surface area contributed by atoms with Gasteiger partial charge in [0.25, 0.3) is 0 Å². The zero-order valence-electron chi connectivity index (χ0n) is 26.9. The zero-order valence-corrected chi connectivity index (χ0v) is 27.8. The predicted octanol–water partition coefficient (Wildman–Crippen LogP) is 5.99. The Balaban J connectivity index is 1.10. The Hall–Kier alpha value is -3.50. The third-order valence-electron chi connectivity index (χ3n) is 9.23. The number of hydrogen-bond acceptors (Lipinski definition) is 10. The number of fused-ring (bicyclic) bond motifs is 2. The average molecular weight is 709 g/mol. The molecule has 3 aromatic rings. The van der Waals surface area contributed by atoms with E-state index in [1.165, 1.54) is 30.3 Å². The van der Waals surface area contributed by atoms with Crippen LogP contribution in [-0.4, -0.2) is 71.6 Å². The fourth-order valence-electron chi connectivity index (χ4n) is 6.85. The number of benzene rings is 2. The third kappa shape index (κ3) is 8.63. The summed E-state index contributed by atoms with van der Waals surface area (Å²) in [6.45, 7) is 0.942. The molecule has 266 valence electrons. The van der Waals surface area contributed by atoms with E-state index in [0.29, 0.717) is 37.4 Å². The van der Waals surface area contributed by atoms with Gasteiger partial charge in [-0.25, -0.2) is 17.9 Å². The molecule has 0 aliphatic heterocycles. The van der Waals surface area contributed by atoms with Crippen LogP contribution in [0.25, 0.3) is 11.3 Å². The molecule has 3 saturated carbocycles. The van der Waals surface area contributed by atoms with Gasteiger partial charge in [0.2, 0.25) is 10.0 Å². The van der Waals surface area contributed by atoms with Crippen LogP contribution >= 0.6 is 0 Å². The van der Waals surface area contributed by atoms with Crippen LogP contribution in [0.4, 0.5) is 13.2 Å². The smallest absolute Gasteiger partial charge is 0.460 e. The van der Waals surface area contributed by atoms with Gasteiger partial charge in [-0.2, -0.15) is 0 Å². The van der Waals surface area contributed by atoms with Crippen LogP contribution in [-0.2, 0) is 35.6 Å². The van der Waals surface area contributed by atoms with Crippen LogP contribution < -0.4 is 9.46 Å². The summed E-state index contributed by atoms with van der Waals surface area (Å²) in [6, 6.07) is 11.4. The average Bonchev–Trinajstić information content (AvgIpc) is 3.79. The van der Waals surface area contributed by atoms with E-state index in [1.807, 2.05) is 0 Å². The number of carbonyl (C=O) groups is 1. The number of nitrogens with one attached hydrogen (secondary N) is 1. The molecule has 15 heteroatoms. The summed E-state index contributed by atoms with van der Waals surface area (Å²) in [4.78, 5) is 12.7. The number of para-hydroxylation sites is 1. The molecule has 0 unspecified atom stereocenters. The summed E-state index contributed by atoms with van der Waals surface area (Å²) in [5.74, 6) is -0.411. The molecule has 1 heterocycles. The minimum atomic E-state index is -4.87. The number of alkyl halides is 3. The van der Waals surface area contributed by atoms with Gasteiger partial charge in [-0.3, -0.25) is 0 Å². The quantitative estimate of drug-likeness (QED) is 0.140. The monoisotopic (exact) mass is 708 g/mol. The first-order valence-electron chi connectivity index (χ1n) is 16.3. The Bertz CT molecular complexity index is 1700. The Morgan fingerprint density at radius 3 is 2.37 bits per heavy atom. The summed E-state index contributed by atoms with van der Waals surface area (Å²) >= 11 is 0. The zero-order chi connectivity index (χ0) is 34.6. The summed E-state index contributed by atoms with van der Waals surface area (Å²) in [5.41, 5.74) is 0.948. The molecule has 2 bridgehead atoms. The molecule has 3 fully saturated rings. The number of ether oxygens (including phenoxy) is 5. The Morgan fingerprint density at radius 1 is 0.959 bits per heavy atom. The summed E-state index contributed by atoms with van der Waals surface area (Å²) in [6.07, 6.45) is -0.517. The van der Waals surface area contributed by atoms with E-state index in [-0.39, 0.29) is 77.2 Å². The maximum absolute atomic E-state index is 13.7. The van der Waals surface area contributed by atoms with E-state index >= 15 is 0 Å². The Morgan fingerprint density at radius 2 is 1.65 bits per heavy atom. The number of methoxy groups -OCH3 is 1. The normalized spacial score (nSPS) is 22.3. The molecular weight excluding hydrogens is 669 g/mol. The largest absolute Gasteiger partial charge is 0.573 e. The topological polar surface area (TPSA) is 135 Å². The van der Waals surface area contributed by atoms with Crippen LogP contribution in [0.3, 0.4) is 0 Å². The molecule has 11 nitrogen and oxygen atoms in total. The fourth-order valence-corrected chi connectivity index (χ4v) is 8.41. The van der Waals surface area contributed by atoms with Crippen molar-refractivity contribution in [1.82, 2.24) is 9.88 Å².